The molecule has 5 rings (SSSR count). The second-order valence-corrected chi connectivity index (χ2v) is 7.51. The Bertz CT molecular complexity index is 1140. The van der Waals surface area contributed by atoms with Crippen LogP contribution in [0.25, 0.3) is 0 Å². The molecule has 2 aliphatic rings. The van der Waals surface area contributed by atoms with Crippen molar-refractivity contribution in [3.05, 3.63) is 89.9 Å². The van der Waals surface area contributed by atoms with Gasteiger partial charge in [0.1, 0.15) is 17.4 Å². The summed E-state index contributed by atoms with van der Waals surface area (Å²) in [7, 11) is 1.32. The van der Waals surface area contributed by atoms with Crippen molar-refractivity contribution in [2.45, 2.75) is 23.5 Å². The van der Waals surface area contributed by atoms with Gasteiger partial charge in [-0.15, -0.1) is 0 Å². The Labute approximate surface area is 173 Å². The van der Waals surface area contributed by atoms with E-state index in [1.54, 1.807) is 36.4 Å². The summed E-state index contributed by atoms with van der Waals surface area (Å²) in [5.74, 6) is -0.719. The van der Waals surface area contributed by atoms with E-state index in [2.05, 4.69) is 4.99 Å². The second-order valence-electron chi connectivity index (χ2n) is 7.51. The van der Waals surface area contributed by atoms with Crippen molar-refractivity contribution >= 4 is 18.0 Å². The summed E-state index contributed by atoms with van der Waals surface area (Å²) < 4.78 is 17.1. The predicted octanol–water partition coefficient (Wildman–Crippen LogP) is 3.62. The van der Waals surface area contributed by atoms with Gasteiger partial charge in [0.15, 0.2) is 5.54 Å². The van der Waals surface area contributed by atoms with Crippen LogP contribution in [0.2, 0.25) is 0 Å². The molecule has 0 amide bonds. The van der Waals surface area contributed by atoms with Gasteiger partial charge in [0.25, 0.3) is 0 Å². The minimum atomic E-state index is -1.48. The first-order chi connectivity index (χ1) is 14.6. The molecule has 0 fully saturated rings. The first kappa shape index (κ1) is 18.4. The zero-order chi connectivity index (χ0) is 20.8. The van der Waals surface area contributed by atoms with Gasteiger partial charge in [-0.3, -0.25) is 9.79 Å². The van der Waals surface area contributed by atoms with E-state index in [0.717, 1.165) is 5.56 Å². The molecule has 2 aliphatic heterocycles. The Hall–Kier alpha value is -3.67. The van der Waals surface area contributed by atoms with Gasteiger partial charge >= 0.3 is 5.97 Å². The molecule has 0 aliphatic carbocycles. The molecule has 0 N–H and O–H groups in total. The number of benzene rings is 2. The molecule has 0 bridgehead atoms. The Morgan fingerprint density at radius 1 is 1.07 bits per heavy atom. The number of carbonyl (C=O) groups excluding carboxylic acids is 2. The molecule has 0 saturated carbocycles. The van der Waals surface area contributed by atoms with Gasteiger partial charge in [0.05, 0.1) is 25.2 Å². The zero-order valence-electron chi connectivity index (χ0n) is 16.3. The van der Waals surface area contributed by atoms with E-state index in [-0.39, 0.29) is 12.2 Å². The van der Waals surface area contributed by atoms with Crippen molar-refractivity contribution in [3.63, 3.8) is 0 Å². The molecule has 150 valence electrons. The molecule has 1 spiro atoms. The highest BCUT2D eigenvalue weighted by Gasteiger charge is 2.68. The lowest BCUT2D eigenvalue weighted by molar-refractivity contribution is -0.148. The number of esters is 1. The van der Waals surface area contributed by atoms with Crippen LogP contribution in [0.4, 0.5) is 0 Å². The molecule has 3 aromatic rings. The SMILES string of the molecule is COC(=O)[C@]1(Cc2ccccc2)N=C[C@@]2(Oc3ccccc3C2=O)[C@H]1c1ccco1. The number of carbonyl (C=O) groups is 2. The number of Topliss-reactive ketones (excluding diaryl/α,β-unsaturated/α-hetero) is 1. The van der Waals surface area contributed by atoms with E-state index in [0.29, 0.717) is 17.1 Å². The number of ether oxygens (including phenoxy) is 2. The average Bonchev–Trinajstić information content (AvgIpc) is 3.47. The molecule has 30 heavy (non-hydrogen) atoms. The van der Waals surface area contributed by atoms with Gasteiger partial charge in [-0.05, 0) is 29.8 Å². The van der Waals surface area contributed by atoms with Crippen molar-refractivity contribution in [2.24, 2.45) is 4.99 Å². The second kappa shape index (κ2) is 6.69. The third kappa shape index (κ3) is 2.46. The first-order valence-corrected chi connectivity index (χ1v) is 9.66. The maximum atomic E-state index is 13.6. The molecule has 3 atom stereocenters. The fourth-order valence-corrected chi connectivity index (χ4v) is 4.55. The van der Waals surface area contributed by atoms with Gasteiger partial charge < -0.3 is 13.9 Å². The summed E-state index contributed by atoms with van der Waals surface area (Å²) in [5.41, 5.74) is -1.55. The molecule has 1 aromatic heterocycles. The molecule has 0 radical (unpaired) electrons. The summed E-state index contributed by atoms with van der Waals surface area (Å²) in [4.78, 5) is 31.4. The summed E-state index contributed by atoms with van der Waals surface area (Å²) in [5, 5.41) is 0. The fraction of sp³-hybridized carbons (Fsp3) is 0.208. The quantitative estimate of drug-likeness (QED) is 0.624. The van der Waals surface area contributed by atoms with Crippen LogP contribution in [0.3, 0.4) is 0 Å². The van der Waals surface area contributed by atoms with Gasteiger partial charge in [0.2, 0.25) is 11.4 Å². The Morgan fingerprint density at radius 2 is 1.83 bits per heavy atom. The minimum Gasteiger partial charge on any atom is -0.472 e. The number of para-hydroxylation sites is 1. The molecule has 6 heteroatoms. The zero-order valence-corrected chi connectivity index (χ0v) is 16.3. The number of nitrogens with zero attached hydrogens (tertiary/aromatic N) is 1. The topological polar surface area (TPSA) is 78.1 Å². The van der Waals surface area contributed by atoms with E-state index in [1.807, 2.05) is 30.3 Å². The number of hydrogen-bond donors (Lipinski definition) is 0. The van der Waals surface area contributed by atoms with Crippen molar-refractivity contribution in [1.82, 2.24) is 0 Å². The summed E-state index contributed by atoms with van der Waals surface area (Å²) in [6, 6.07) is 20.0. The summed E-state index contributed by atoms with van der Waals surface area (Å²) in [6.45, 7) is 0. The van der Waals surface area contributed by atoms with Gasteiger partial charge in [-0.1, -0.05) is 42.5 Å². The third-order valence-corrected chi connectivity index (χ3v) is 5.84. The Morgan fingerprint density at radius 3 is 2.53 bits per heavy atom. The number of aliphatic imine (C=N–C) groups is 1. The summed E-state index contributed by atoms with van der Waals surface area (Å²) in [6.07, 6.45) is 3.21. The lowest BCUT2D eigenvalue weighted by Crippen LogP contribution is -2.55. The van der Waals surface area contributed by atoms with Crippen molar-refractivity contribution in [1.29, 1.82) is 0 Å². The van der Waals surface area contributed by atoms with E-state index in [9.17, 15) is 9.59 Å². The number of rotatable bonds is 4. The molecule has 2 aromatic carbocycles. The van der Waals surface area contributed by atoms with Crippen LogP contribution < -0.4 is 4.74 Å². The number of ketones is 1. The van der Waals surface area contributed by atoms with E-state index < -0.39 is 23.0 Å². The van der Waals surface area contributed by atoms with E-state index in [4.69, 9.17) is 13.9 Å². The normalized spacial score (nSPS) is 26.6. The highest BCUT2D eigenvalue weighted by molar-refractivity contribution is 6.19. The van der Waals surface area contributed by atoms with Crippen LogP contribution in [-0.2, 0) is 16.0 Å². The predicted molar refractivity (Wildman–Crippen MR) is 109 cm³/mol. The fourth-order valence-electron chi connectivity index (χ4n) is 4.55. The van der Waals surface area contributed by atoms with E-state index >= 15 is 0 Å². The number of methoxy groups -OCH3 is 1. The lowest BCUT2D eigenvalue weighted by atomic mass is 9.70. The molecule has 6 nitrogen and oxygen atoms in total. The van der Waals surface area contributed by atoms with Gasteiger partial charge in [0, 0.05) is 6.42 Å². The smallest absolute Gasteiger partial charge is 0.335 e. The number of fused-ring (bicyclic) bond motifs is 1. The maximum absolute atomic E-state index is 13.6. The van der Waals surface area contributed by atoms with Crippen LogP contribution >= 0.6 is 0 Å². The highest BCUT2D eigenvalue weighted by Crippen LogP contribution is 2.53. The van der Waals surface area contributed by atoms with Crippen molar-refractivity contribution in [3.8, 4) is 5.75 Å². The van der Waals surface area contributed by atoms with Crippen molar-refractivity contribution in [2.75, 3.05) is 7.11 Å². The largest absolute Gasteiger partial charge is 0.472 e. The monoisotopic (exact) mass is 401 g/mol. The van der Waals surface area contributed by atoms with Crippen LogP contribution in [0.15, 0.2) is 82.4 Å². The van der Waals surface area contributed by atoms with Gasteiger partial charge in [-0.25, -0.2) is 4.79 Å². The van der Waals surface area contributed by atoms with Crippen LogP contribution in [-0.4, -0.2) is 36.2 Å². The number of furan rings is 1. The van der Waals surface area contributed by atoms with Crippen LogP contribution in [0, 0.1) is 0 Å². The van der Waals surface area contributed by atoms with Crippen molar-refractivity contribution < 1.29 is 23.5 Å². The molecule has 3 heterocycles. The van der Waals surface area contributed by atoms with Gasteiger partial charge in [-0.2, -0.15) is 0 Å². The molecular weight excluding hydrogens is 382 g/mol. The highest BCUT2D eigenvalue weighted by atomic mass is 16.5. The molecule has 0 unspecified atom stereocenters. The summed E-state index contributed by atoms with van der Waals surface area (Å²) >= 11 is 0. The Kier molecular flexibility index (Phi) is 4.10. The third-order valence-electron chi connectivity index (χ3n) is 5.84. The maximum Gasteiger partial charge on any atom is 0.335 e. The lowest BCUT2D eigenvalue weighted by Gasteiger charge is -2.35. The molecular formula is C24H19NO5. The standard InChI is InChI=1S/C24H19NO5/c1-28-22(27)23(14-16-8-3-2-4-9-16)20(19-12-7-13-29-19)24(15-25-23)21(26)17-10-5-6-11-18(17)30-24/h2-13,15,20H,14H2,1H3/t20-,23+,24+/m0/s1. The molecule has 0 saturated heterocycles. The average molecular weight is 401 g/mol. The number of hydrogen-bond acceptors (Lipinski definition) is 6. The van der Waals surface area contributed by atoms with E-state index in [1.165, 1.54) is 19.6 Å². The minimum absolute atomic E-state index is 0.233. The first-order valence-electron chi connectivity index (χ1n) is 9.66. The van der Waals surface area contributed by atoms with Crippen LogP contribution in [0.5, 0.6) is 5.75 Å². The Balaban J connectivity index is 1.70. The van der Waals surface area contributed by atoms with Crippen LogP contribution in [0.1, 0.15) is 27.6 Å².